The molecule has 0 fully saturated rings. The van der Waals surface area contributed by atoms with E-state index in [-0.39, 0.29) is 5.69 Å². The number of hydrazone groups is 1. The van der Waals surface area contributed by atoms with Gasteiger partial charge in [-0.05, 0) is 58.2 Å². The van der Waals surface area contributed by atoms with Crippen molar-refractivity contribution in [3.05, 3.63) is 58.6 Å². The number of nitrogens with zero attached hydrogens (tertiary/aromatic N) is 2. The Labute approximate surface area is 202 Å². The predicted octanol–water partition coefficient (Wildman–Crippen LogP) is 3.26. The number of amides is 1. The Bertz CT molecular complexity index is 1150. The largest absolute Gasteiger partial charge is 0.495 e. The van der Waals surface area contributed by atoms with Crippen LogP contribution < -0.4 is 23.9 Å². The molecule has 1 N–H and O–H groups in total. The van der Waals surface area contributed by atoms with Gasteiger partial charge < -0.3 is 14.2 Å². The molecule has 11 heteroatoms. The molecule has 0 heterocycles. The van der Waals surface area contributed by atoms with Crippen molar-refractivity contribution in [2.45, 2.75) is 6.92 Å². The molecule has 2 rings (SSSR count). The molecule has 178 valence electrons. The maximum Gasteiger partial charge on any atom is 0.260 e. The summed E-state index contributed by atoms with van der Waals surface area (Å²) >= 11 is 3.42. The number of hydrogen-bond acceptors (Lipinski definition) is 7. The van der Waals surface area contributed by atoms with Crippen molar-refractivity contribution in [3.63, 3.8) is 0 Å². The highest BCUT2D eigenvalue weighted by Gasteiger charge is 2.24. The van der Waals surface area contributed by atoms with Gasteiger partial charge in [-0.1, -0.05) is 18.7 Å². The SMILES string of the molecule is C=CCOc1c(Br)cc(/C=N\NC(=O)CN(c2cc(C)ccc2OC)S(C)(=O)=O)cc1OC. The molecule has 33 heavy (non-hydrogen) atoms. The number of ether oxygens (including phenoxy) is 3. The molecular weight excluding hydrogens is 514 g/mol. The lowest BCUT2D eigenvalue weighted by Crippen LogP contribution is -2.39. The average molecular weight is 540 g/mol. The van der Waals surface area contributed by atoms with Crippen LogP contribution in [0.3, 0.4) is 0 Å². The number of halogens is 1. The Morgan fingerprint density at radius 3 is 2.52 bits per heavy atom. The highest BCUT2D eigenvalue weighted by Crippen LogP contribution is 2.36. The van der Waals surface area contributed by atoms with Gasteiger partial charge in [-0.3, -0.25) is 9.10 Å². The molecule has 0 aliphatic carbocycles. The molecule has 0 aliphatic rings. The second-order valence-electron chi connectivity index (χ2n) is 6.87. The standard InChI is InChI=1S/C22H26BrN3O6S/c1-6-9-32-22-17(23)11-16(12-20(22)31-4)13-24-25-21(27)14-26(33(5,28)29)18-10-15(2)7-8-19(18)30-3/h6-8,10-13H,1,9,14H2,2-5H3,(H,25,27)/b24-13-. The summed E-state index contributed by atoms with van der Waals surface area (Å²) in [4.78, 5) is 12.5. The normalized spacial score (nSPS) is 11.2. The lowest BCUT2D eigenvalue weighted by atomic mass is 10.2. The number of carbonyl (C=O) groups is 1. The van der Waals surface area contributed by atoms with E-state index in [2.05, 4.69) is 33.0 Å². The van der Waals surface area contributed by atoms with Crippen molar-refractivity contribution >= 4 is 43.8 Å². The second kappa shape index (κ2) is 11.7. The van der Waals surface area contributed by atoms with Crippen LogP contribution in [0.1, 0.15) is 11.1 Å². The molecule has 0 spiro atoms. The molecule has 2 aromatic carbocycles. The molecule has 9 nitrogen and oxygen atoms in total. The predicted molar refractivity (Wildman–Crippen MR) is 132 cm³/mol. The summed E-state index contributed by atoms with van der Waals surface area (Å²) in [5.74, 6) is 0.679. The Hall–Kier alpha value is -3.05. The Morgan fingerprint density at radius 2 is 1.91 bits per heavy atom. The summed E-state index contributed by atoms with van der Waals surface area (Å²) < 4.78 is 42.5. The minimum absolute atomic E-state index is 0.267. The molecule has 0 aliphatic heterocycles. The van der Waals surface area contributed by atoms with Gasteiger partial charge in [0, 0.05) is 0 Å². The second-order valence-corrected chi connectivity index (χ2v) is 9.63. The molecule has 0 unspecified atom stereocenters. The van der Waals surface area contributed by atoms with Crippen molar-refractivity contribution in [3.8, 4) is 17.2 Å². The molecular formula is C22H26BrN3O6S. The third-order valence-corrected chi connectivity index (χ3v) is 6.01. The molecule has 0 atom stereocenters. The quantitative estimate of drug-likeness (QED) is 0.267. The molecule has 0 radical (unpaired) electrons. The molecule has 0 saturated carbocycles. The van der Waals surface area contributed by atoms with Gasteiger partial charge in [0.15, 0.2) is 11.5 Å². The molecule has 0 bridgehead atoms. The number of aryl methyl sites for hydroxylation is 1. The third-order valence-electron chi connectivity index (χ3n) is 4.29. The lowest BCUT2D eigenvalue weighted by molar-refractivity contribution is -0.119. The van der Waals surface area contributed by atoms with Crippen molar-refractivity contribution in [1.82, 2.24) is 5.43 Å². The minimum atomic E-state index is -3.77. The van der Waals surface area contributed by atoms with E-state index in [9.17, 15) is 13.2 Å². The average Bonchev–Trinajstić information content (AvgIpc) is 2.75. The van der Waals surface area contributed by atoms with E-state index < -0.39 is 22.5 Å². The van der Waals surface area contributed by atoms with Crippen molar-refractivity contribution in [2.75, 3.05) is 37.9 Å². The van der Waals surface area contributed by atoms with Crippen LogP contribution >= 0.6 is 15.9 Å². The van der Waals surface area contributed by atoms with E-state index in [4.69, 9.17) is 14.2 Å². The van der Waals surface area contributed by atoms with Crippen molar-refractivity contribution in [1.29, 1.82) is 0 Å². The Kier molecular flexibility index (Phi) is 9.30. The maximum absolute atomic E-state index is 12.5. The van der Waals surface area contributed by atoms with Crippen LogP contribution in [0.15, 0.2) is 52.6 Å². The van der Waals surface area contributed by atoms with Gasteiger partial charge in [-0.2, -0.15) is 5.10 Å². The maximum atomic E-state index is 12.5. The van der Waals surface area contributed by atoms with E-state index in [0.29, 0.717) is 33.9 Å². The molecule has 2 aromatic rings. The van der Waals surface area contributed by atoms with Gasteiger partial charge in [-0.15, -0.1) is 0 Å². The number of anilines is 1. The fraction of sp³-hybridized carbons (Fsp3) is 0.273. The highest BCUT2D eigenvalue weighted by molar-refractivity contribution is 9.10. The van der Waals surface area contributed by atoms with Crippen LogP contribution in [-0.4, -0.2) is 54.2 Å². The first-order chi connectivity index (χ1) is 15.6. The first-order valence-electron chi connectivity index (χ1n) is 9.66. The lowest BCUT2D eigenvalue weighted by Gasteiger charge is -2.23. The first kappa shape index (κ1) is 26.2. The van der Waals surface area contributed by atoms with E-state index >= 15 is 0 Å². The summed E-state index contributed by atoms with van der Waals surface area (Å²) in [7, 11) is -0.836. The van der Waals surface area contributed by atoms with Gasteiger partial charge in [0.1, 0.15) is 18.9 Å². The zero-order valence-electron chi connectivity index (χ0n) is 18.8. The summed E-state index contributed by atoms with van der Waals surface area (Å²) in [6.07, 6.45) is 4.04. The third kappa shape index (κ3) is 7.22. The zero-order valence-corrected chi connectivity index (χ0v) is 21.2. The zero-order chi connectivity index (χ0) is 24.6. The number of rotatable bonds is 11. The van der Waals surface area contributed by atoms with Crippen LogP contribution in [0.4, 0.5) is 5.69 Å². The fourth-order valence-corrected chi connectivity index (χ4v) is 4.24. The van der Waals surface area contributed by atoms with Gasteiger partial charge in [0.2, 0.25) is 10.0 Å². The smallest absolute Gasteiger partial charge is 0.260 e. The van der Waals surface area contributed by atoms with E-state index in [0.717, 1.165) is 16.1 Å². The monoisotopic (exact) mass is 539 g/mol. The van der Waals surface area contributed by atoms with Crippen molar-refractivity contribution < 1.29 is 27.4 Å². The molecule has 0 aromatic heterocycles. The number of carbonyl (C=O) groups excluding carboxylic acids is 1. The topological polar surface area (TPSA) is 107 Å². The summed E-state index contributed by atoms with van der Waals surface area (Å²) in [5.41, 5.74) is 4.04. The van der Waals surface area contributed by atoms with Crippen LogP contribution in [-0.2, 0) is 14.8 Å². The number of nitrogens with one attached hydrogen (secondary N) is 1. The van der Waals surface area contributed by atoms with E-state index in [1.807, 2.05) is 6.92 Å². The van der Waals surface area contributed by atoms with Crippen LogP contribution in [0.25, 0.3) is 0 Å². The highest BCUT2D eigenvalue weighted by atomic mass is 79.9. The van der Waals surface area contributed by atoms with Gasteiger partial charge in [-0.25, -0.2) is 13.8 Å². The van der Waals surface area contributed by atoms with Crippen molar-refractivity contribution in [2.24, 2.45) is 5.10 Å². The first-order valence-corrected chi connectivity index (χ1v) is 12.3. The number of methoxy groups -OCH3 is 2. The molecule has 0 saturated heterocycles. The Balaban J connectivity index is 2.19. The van der Waals surface area contributed by atoms with E-state index in [1.165, 1.54) is 20.4 Å². The van der Waals surface area contributed by atoms with Gasteiger partial charge >= 0.3 is 0 Å². The summed E-state index contributed by atoms with van der Waals surface area (Å²) in [6, 6.07) is 8.48. The minimum Gasteiger partial charge on any atom is -0.495 e. The summed E-state index contributed by atoms with van der Waals surface area (Å²) in [5, 5.41) is 3.93. The summed E-state index contributed by atoms with van der Waals surface area (Å²) in [6.45, 7) is 5.26. The number of benzene rings is 2. The van der Waals surface area contributed by atoms with Crippen LogP contribution in [0.5, 0.6) is 17.2 Å². The van der Waals surface area contributed by atoms with E-state index in [1.54, 1.807) is 36.4 Å². The number of hydrogen-bond donors (Lipinski definition) is 1. The van der Waals surface area contributed by atoms with Crippen LogP contribution in [0, 0.1) is 6.92 Å². The van der Waals surface area contributed by atoms with Crippen LogP contribution in [0.2, 0.25) is 0 Å². The number of sulfonamides is 1. The fourth-order valence-electron chi connectivity index (χ4n) is 2.82. The van der Waals surface area contributed by atoms with Gasteiger partial charge in [0.25, 0.3) is 5.91 Å². The molecule has 1 amide bonds. The Morgan fingerprint density at radius 1 is 1.21 bits per heavy atom. The van der Waals surface area contributed by atoms with Gasteiger partial charge in [0.05, 0.1) is 36.9 Å².